The molecule has 12 heteroatoms. The lowest BCUT2D eigenvalue weighted by Gasteiger charge is -2.33. The molecule has 8 nitrogen and oxygen atoms in total. The molecule has 4 rings (SSSR count). The molecule has 184 valence electrons. The normalized spacial score (nSPS) is 17.2. The quantitative estimate of drug-likeness (QED) is 0.544. The molecule has 34 heavy (non-hydrogen) atoms. The van der Waals surface area contributed by atoms with Gasteiger partial charge in [-0.3, -0.25) is 4.79 Å². The molecule has 0 aromatic carbocycles. The van der Waals surface area contributed by atoms with Crippen molar-refractivity contribution < 1.29 is 23.1 Å². The summed E-state index contributed by atoms with van der Waals surface area (Å²) in [6, 6.07) is 0. The Morgan fingerprint density at radius 3 is 2.56 bits per heavy atom. The highest BCUT2D eigenvalue weighted by Crippen LogP contribution is 2.40. The number of nitrogens with one attached hydrogen (secondary N) is 1. The largest absolute Gasteiger partial charge is 0.424 e. The second kappa shape index (κ2) is 9.14. The number of aryl methyl sites for hydroxylation is 3. The highest BCUT2D eigenvalue weighted by molar-refractivity contribution is 7.18. The molecule has 1 atom stereocenters. The number of aliphatic hydroxyl groups is 1. The van der Waals surface area contributed by atoms with Crippen molar-refractivity contribution in [2.45, 2.75) is 44.9 Å². The molecule has 3 aromatic rings. The minimum Gasteiger partial charge on any atom is -0.374 e. The van der Waals surface area contributed by atoms with Gasteiger partial charge in [0.05, 0.1) is 5.39 Å². The van der Waals surface area contributed by atoms with Gasteiger partial charge in [-0.25, -0.2) is 15.0 Å². The van der Waals surface area contributed by atoms with Crippen molar-refractivity contribution in [3.8, 4) is 0 Å². The number of nitrogens with zero attached hydrogens (tertiary/aromatic N) is 5. The Bertz CT molecular complexity index is 1190. The third-order valence-corrected chi connectivity index (χ3v) is 7.67. The summed E-state index contributed by atoms with van der Waals surface area (Å²) < 4.78 is 42.1. The van der Waals surface area contributed by atoms with Gasteiger partial charge in [0.1, 0.15) is 22.8 Å². The average Bonchev–Trinajstić information content (AvgIpc) is 3.35. The number of carbonyl (C=O) groups excluding carboxylic acids is 1. The maximum atomic E-state index is 13.6. The summed E-state index contributed by atoms with van der Waals surface area (Å²) >= 11 is 1.63. The van der Waals surface area contributed by atoms with E-state index in [0.717, 1.165) is 26.2 Å². The Morgan fingerprint density at radius 1 is 1.24 bits per heavy atom. The number of amides is 1. The lowest BCUT2D eigenvalue weighted by atomic mass is 9.94. The summed E-state index contributed by atoms with van der Waals surface area (Å²) in [7, 11) is 1.38. The number of fused-ring (bicyclic) bond motifs is 1. The lowest BCUT2D eigenvalue weighted by Crippen LogP contribution is -2.47. The predicted molar refractivity (Wildman–Crippen MR) is 123 cm³/mol. The average molecular weight is 497 g/mol. The van der Waals surface area contributed by atoms with Crippen LogP contribution in [0.5, 0.6) is 0 Å². The van der Waals surface area contributed by atoms with Gasteiger partial charge in [-0.05, 0) is 32.3 Å². The van der Waals surface area contributed by atoms with E-state index in [4.69, 9.17) is 0 Å². The molecular weight excluding hydrogens is 469 g/mol. The first-order valence-electron chi connectivity index (χ1n) is 11.0. The van der Waals surface area contributed by atoms with Crippen molar-refractivity contribution in [1.29, 1.82) is 0 Å². The summed E-state index contributed by atoms with van der Waals surface area (Å²) in [5, 5.41) is 14.0. The Kier molecular flexibility index (Phi) is 6.56. The standard InChI is InChI=1S/C22H27F3N6O2S/c1-13-14(2)34-19-16(13)17(28-12-29-19)31-9-4-15(5-10-31)18(32)26-7-6-21(33,22(23,24)25)20-27-8-11-30(20)3/h8,11-12,15,33H,4-7,9-10H2,1-3H3,(H,26,32). The predicted octanol–water partition coefficient (Wildman–Crippen LogP) is 3.21. The maximum Gasteiger partial charge on any atom is 0.424 e. The van der Waals surface area contributed by atoms with Gasteiger partial charge < -0.3 is 19.9 Å². The number of rotatable bonds is 6. The summed E-state index contributed by atoms with van der Waals surface area (Å²) in [5.41, 5.74) is -1.99. The van der Waals surface area contributed by atoms with Gasteiger partial charge in [0.25, 0.3) is 0 Å². The molecule has 0 saturated carbocycles. The number of alkyl halides is 3. The van der Waals surface area contributed by atoms with Crippen molar-refractivity contribution >= 4 is 33.3 Å². The molecule has 0 bridgehead atoms. The Hall–Kier alpha value is -2.73. The van der Waals surface area contributed by atoms with E-state index < -0.39 is 24.0 Å². The van der Waals surface area contributed by atoms with Gasteiger partial charge in [0.2, 0.25) is 11.5 Å². The zero-order chi connectivity index (χ0) is 24.7. The number of carbonyl (C=O) groups is 1. The fourth-order valence-electron chi connectivity index (χ4n) is 4.41. The molecule has 1 amide bonds. The minimum absolute atomic E-state index is 0.306. The molecule has 1 aliphatic heterocycles. The summed E-state index contributed by atoms with van der Waals surface area (Å²) in [6.07, 6.45) is -0.448. The third kappa shape index (κ3) is 4.36. The van der Waals surface area contributed by atoms with Crippen LogP contribution in [0, 0.1) is 19.8 Å². The summed E-state index contributed by atoms with van der Waals surface area (Å²) in [6.45, 7) is 5.00. The van der Waals surface area contributed by atoms with Crippen LogP contribution in [0.15, 0.2) is 18.7 Å². The minimum atomic E-state index is -4.93. The van der Waals surface area contributed by atoms with Crippen molar-refractivity contribution in [2.24, 2.45) is 13.0 Å². The van der Waals surface area contributed by atoms with E-state index in [1.165, 1.54) is 24.3 Å². The van der Waals surface area contributed by atoms with Crippen LogP contribution >= 0.6 is 11.3 Å². The molecule has 0 spiro atoms. The van der Waals surface area contributed by atoms with Gasteiger partial charge in [-0.2, -0.15) is 13.2 Å². The second-order valence-electron chi connectivity index (χ2n) is 8.68. The van der Waals surface area contributed by atoms with E-state index in [2.05, 4.69) is 32.1 Å². The molecule has 1 fully saturated rings. The van der Waals surface area contributed by atoms with E-state index in [1.807, 2.05) is 6.92 Å². The van der Waals surface area contributed by atoms with Crippen LogP contribution in [0.4, 0.5) is 19.0 Å². The molecular formula is C22H27F3N6O2S. The molecule has 1 aliphatic rings. The molecule has 0 aliphatic carbocycles. The van der Waals surface area contributed by atoms with E-state index in [0.29, 0.717) is 25.9 Å². The molecule has 4 heterocycles. The van der Waals surface area contributed by atoms with Crippen LogP contribution in [0.3, 0.4) is 0 Å². The fourth-order valence-corrected chi connectivity index (χ4v) is 5.40. The van der Waals surface area contributed by atoms with Crippen LogP contribution in [-0.4, -0.2) is 56.3 Å². The zero-order valence-electron chi connectivity index (χ0n) is 19.2. The van der Waals surface area contributed by atoms with Crippen LogP contribution in [0.2, 0.25) is 0 Å². The smallest absolute Gasteiger partial charge is 0.374 e. The van der Waals surface area contributed by atoms with Gasteiger partial charge in [0.15, 0.2) is 0 Å². The van der Waals surface area contributed by atoms with E-state index in [1.54, 1.807) is 17.7 Å². The van der Waals surface area contributed by atoms with Crippen molar-refractivity contribution in [2.75, 3.05) is 24.5 Å². The van der Waals surface area contributed by atoms with Crippen LogP contribution in [-0.2, 0) is 17.4 Å². The monoisotopic (exact) mass is 496 g/mol. The van der Waals surface area contributed by atoms with Crippen molar-refractivity contribution in [1.82, 2.24) is 24.8 Å². The number of anilines is 1. The number of piperidine rings is 1. The number of aromatic nitrogens is 4. The molecule has 0 radical (unpaired) electrons. The number of imidazole rings is 1. The first-order chi connectivity index (χ1) is 16.0. The number of hydrogen-bond donors (Lipinski definition) is 2. The number of hydrogen-bond acceptors (Lipinski definition) is 7. The lowest BCUT2D eigenvalue weighted by molar-refractivity contribution is -0.272. The maximum absolute atomic E-state index is 13.6. The molecule has 1 saturated heterocycles. The number of thiophene rings is 1. The molecule has 2 N–H and O–H groups in total. The zero-order valence-corrected chi connectivity index (χ0v) is 20.0. The van der Waals surface area contributed by atoms with Crippen LogP contribution < -0.4 is 10.2 Å². The topological polar surface area (TPSA) is 96.2 Å². The van der Waals surface area contributed by atoms with Crippen molar-refractivity contribution in [3.63, 3.8) is 0 Å². The van der Waals surface area contributed by atoms with Gasteiger partial charge in [-0.15, -0.1) is 11.3 Å². The summed E-state index contributed by atoms with van der Waals surface area (Å²) in [5.74, 6) is -0.265. The molecule has 1 unspecified atom stereocenters. The summed E-state index contributed by atoms with van der Waals surface area (Å²) in [4.78, 5) is 29.4. The first kappa shape index (κ1) is 24.4. The Balaban J connectivity index is 1.36. The Labute approximate surface area is 198 Å². The van der Waals surface area contributed by atoms with Crippen LogP contribution in [0.25, 0.3) is 10.2 Å². The van der Waals surface area contributed by atoms with Gasteiger partial charge in [-0.1, -0.05) is 0 Å². The van der Waals surface area contributed by atoms with E-state index in [-0.39, 0.29) is 18.4 Å². The van der Waals surface area contributed by atoms with E-state index in [9.17, 15) is 23.1 Å². The van der Waals surface area contributed by atoms with Gasteiger partial charge in [0, 0.05) is 56.3 Å². The molecule has 3 aromatic heterocycles. The second-order valence-corrected chi connectivity index (χ2v) is 9.89. The van der Waals surface area contributed by atoms with Gasteiger partial charge >= 0.3 is 6.18 Å². The SMILES string of the molecule is Cc1sc2ncnc(N3CCC(C(=O)NCCC(O)(c4nccn4C)C(F)(F)F)CC3)c2c1C. The first-order valence-corrected chi connectivity index (χ1v) is 11.8. The highest BCUT2D eigenvalue weighted by atomic mass is 32.1. The van der Waals surface area contributed by atoms with Crippen molar-refractivity contribution in [3.05, 3.63) is 35.0 Å². The Morgan fingerprint density at radius 2 is 1.94 bits per heavy atom. The number of halogens is 3. The third-order valence-electron chi connectivity index (χ3n) is 6.56. The highest BCUT2D eigenvalue weighted by Gasteiger charge is 2.57. The fraction of sp³-hybridized carbons (Fsp3) is 0.545. The van der Waals surface area contributed by atoms with E-state index >= 15 is 0 Å². The van der Waals surface area contributed by atoms with Crippen LogP contribution in [0.1, 0.15) is 35.5 Å².